The lowest BCUT2D eigenvalue weighted by molar-refractivity contribution is 0.0939. The van der Waals surface area contributed by atoms with E-state index in [9.17, 15) is 9.59 Å². The van der Waals surface area contributed by atoms with Crippen LogP contribution in [0.4, 0.5) is 0 Å². The third-order valence-electron chi connectivity index (χ3n) is 7.60. The maximum absolute atomic E-state index is 14.3. The van der Waals surface area contributed by atoms with Gasteiger partial charge in [0.1, 0.15) is 5.56 Å². The second-order valence-electron chi connectivity index (χ2n) is 10.4. The van der Waals surface area contributed by atoms with Crippen molar-refractivity contribution in [3.05, 3.63) is 142 Å². The summed E-state index contributed by atoms with van der Waals surface area (Å²) in [5, 5.41) is 9.79. The minimum absolute atomic E-state index is 0.211. The van der Waals surface area contributed by atoms with Crippen LogP contribution in [-0.2, 0) is 0 Å². The molecule has 0 spiro atoms. The number of nitrogens with zero attached hydrogens (tertiary/aromatic N) is 4. The predicted molar refractivity (Wildman–Crippen MR) is 167 cm³/mol. The molecule has 0 aliphatic heterocycles. The number of carbonyl (C=O) groups is 1. The fourth-order valence-electron chi connectivity index (χ4n) is 5.56. The first-order chi connectivity index (χ1) is 21.0. The number of rotatable bonds is 4. The number of fused-ring (bicyclic) bond motifs is 3. The number of pyridine rings is 1. The van der Waals surface area contributed by atoms with Crippen LogP contribution >= 0.6 is 0 Å². The molecule has 1 amide bonds. The van der Waals surface area contributed by atoms with E-state index in [1.54, 1.807) is 34.5 Å². The molecule has 4 heterocycles. The largest absolute Gasteiger partial charge is 0.360 e. The Labute approximate surface area is 246 Å². The summed E-state index contributed by atoms with van der Waals surface area (Å²) in [6, 6.07) is 26.3. The standard InChI is InChI=1S/C35H26N6O2/c1-22(38-34(42)31-23(2)39-40-19-9-18-36-33(31)40)30-20-25-11-8-10-24(16-17-26-21-37-29-15-7-6-14-28(26)29)32(25)35(43)41(30)27-12-4-3-5-13-27/h3-15,18-22,37H,1-2H3,(H,38,42)/t22-/m0/s1. The Morgan fingerprint density at radius 1 is 0.953 bits per heavy atom. The molecule has 0 radical (unpaired) electrons. The average molecular weight is 563 g/mol. The number of carbonyl (C=O) groups excluding carboxylic acids is 1. The maximum atomic E-state index is 14.3. The number of para-hydroxylation sites is 2. The van der Waals surface area contributed by atoms with Crippen LogP contribution in [0.25, 0.3) is 33.0 Å². The molecule has 0 aliphatic carbocycles. The summed E-state index contributed by atoms with van der Waals surface area (Å²) in [4.78, 5) is 35.5. The van der Waals surface area contributed by atoms with E-state index in [1.165, 1.54) is 0 Å². The van der Waals surface area contributed by atoms with Gasteiger partial charge in [0.2, 0.25) is 0 Å². The third-order valence-corrected chi connectivity index (χ3v) is 7.60. The Morgan fingerprint density at radius 3 is 2.60 bits per heavy atom. The topological polar surface area (TPSA) is 97.1 Å². The van der Waals surface area contributed by atoms with Gasteiger partial charge in [-0.1, -0.05) is 60.4 Å². The van der Waals surface area contributed by atoms with Gasteiger partial charge in [-0.25, -0.2) is 9.50 Å². The second-order valence-corrected chi connectivity index (χ2v) is 10.4. The lowest BCUT2D eigenvalue weighted by Gasteiger charge is -2.21. The van der Waals surface area contributed by atoms with Crippen molar-refractivity contribution in [2.45, 2.75) is 19.9 Å². The number of nitrogens with one attached hydrogen (secondary N) is 2. The Kier molecular flexibility index (Phi) is 6.33. The van der Waals surface area contributed by atoms with Gasteiger partial charge in [0.05, 0.1) is 22.7 Å². The van der Waals surface area contributed by atoms with Crippen LogP contribution in [0.5, 0.6) is 0 Å². The molecular formula is C35H26N6O2. The smallest absolute Gasteiger partial charge is 0.264 e. The fourth-order valence-corrected chi connectivity index (χ4v) is 5.56. The molecule has 0 saturated heterocycles. The van der Waals surface area contributed by atoms with Gasteiger partial charge in [-0.2, -0.15) is 5.10 Å². The van der Waals surface area contributed by atoms with Crippen molar-refractivity contribution in [3.8, 4) is 17.5 Å². The Morgan fingerprint density at radius 2 is 1.74 bits per heavy atom. The number of benzene rings is 3. The highest BCUT2D eigenvalue weighted by molar-refractivity contribution is 6.01. The zero-order valence-corrected chi connectivity index (χ0v) is 23.5. The molecule has 4 aromatic heterocycles. The molecule has 0 aliphatic rings. The molecule has 0 fully saturated rings. The number of hydrogen-bond donors (Lipinski definition) is 2. The minimum Gasteiger partial charge on any atom is -0.360 e. The minimum atomic E-state index is -0.524. The van der Waals surface area contributed by atoms with Gasteiger partial charge in [-0.3, -0.25) is 14.2 Å². The van der Waals surface area contributed by atoms with Gasteiger partial charge in [0.25, 0.3) is 11.5 Å². The second kappa shape index (κ2) is 10.5. The van der Waals surface area contributed by atoms with Crippen molar-refractivity contribution in [2.75, 3.05) is 0 Å². The van der Waals surface area contributed by atoms with E-state index in [2.05, 4.69) is 32.2 Å². The number of amides is 1. The van der Waals surface area contributed by atoms with E-state index in [-0.39, 0.29) is 11.5 Å². The summed E-state index contributed by atoms with van der Waals surface area (Å²) in [6.45, 7) is 3.65. The molecule has 0 unspecified atom stereocenters. The molecule has 43 heavy (non-hydrogen) atoms. The van der Waals surface area contributed by atoms with Crippen LogP contribution in [0, 0.1) is 18.8 Å². The van der Waals surface area contributed by atoms with Crippen molar-refractivity contribution in [3.63, 3.8) is 0 Å². The lowest BCUT2D eigenvalue weighted by atomic mass is 10.0. The Bertz CT molecular complexity index is 2300. The number of H-pyrrole nitrogens is 1. The monoisotopic (exact) mass is 562 g/mol. The zero-order chi connectivity index (χ0) is 29.5. The SMILES string of the molecule is Cc1nn2cccnc2c1C(=O)N[C@@H](C)c1cc2cccc(C#Cc3c[nH]c4ccccc34)c2c(=O)n1-c1ccccc1. The molecule has 8 heteroatoms. The summed E-state index contributed by atoms with van der Waals surface area (Å²) in [5.41, 5.74) is 5.07. The average Bonchev–Trinajstić information content (AvgIpc) is 3.60. The molecule has 3 aromatic carbocycles. The molecule has 1 atom stereocenters. The first-order valence-electron chi connectivity index (χ1n) is 13.9. The van der Waals surface area contributed by atoms with E-state index in [0.29, 0.717) is 39.2 Å². The van der Waals surface area contributed by atoms with Crippen molar-refractivity contribution < 1.29 is 4.79 Å². The summed E-state index contributed by atoms with van der Waals surface area (Å²) in [7, 11) is 0. The number of aromatic nitrogens is 5. The predicted octanol–water partition coefficient (Wildman–Crippen LogP) is 5.71. The van der Waals surface area contributed by atoms with Crippen LogP contribution in [0.15, 0.2) is 108 Å². The first kappa shape index (κ1) is 26.0. The van der Waals surface area contributed by atoms with E-state index in [0.717, 1.165) is 21.9 Å². The van der Waals surface area contributed by atoms with Crippen LogP contribution < -0.4 is 10.9 Å². The molecule has 2 N–H and O–H groups in total. The van der Waals surface area contributed by atoms with Gasteiger partial charge in [0, 0.05) is 46.4 Å². The van der Waals surface area contributed by atoms with E-state index < -0.39 is 6.04 Å². The fraction of sp³-hybridized carbons (Fsp3) is 0.0857. The van der Waals surface area contributed by atoms with Gasteiger partial charge in [0.15, 0.2) is 5.65 Å². The Hall–Kier alpha value is -5.94. The quantitative estimate of drug-likeness (QED) is 0.269. The van der Waals surface area contributed by atoms with E-state index in [4.69, 9.17) is 0 Å². The van der Waals surface area contributed by atoms with E-state index in [1.807, 2.05) is 92.0 Å². The van der Waals surface area contributed by atoms with Gasteiger partial charge in [-0.15, -0.1) is 0 Å². The highest BCUT2D eigenvalue weighted by Crippen LogP contribution is 2.24. The van der Waals surface area contributed by atoms with Crippen LogP contribution in [0.1, 0.15) is 45.8 Å². The van der Waals surface area contributed by atoms with Gasteiger partial charge >= 0.3 is 0 Å². The van der Waals surface area contributed by atoms with Gasteiger partial charge in [-0.05, 0) is 55.6 Å². The normalized spacial score (nSPS) is 11.9. The molecule has 7 rings (SSSR count). The van der Waals surface area contributed by atoms with Crippen LogP contribution in [-0.4, -0.2) is 30.1 Å². The van der Waals surface area contributed by atoms with Crippen LogP contribution in [0.3, 0.4) is 0 Å². The number of aryl methyl sites for hydroxylation is 1. The first-order valence-corrected chi connectivity index (χ1v) is 13.9. The molecule has 0 bridgehead atoms. The lowest BCUT2D eigenvalue weighted by Crippen LogP contribution is -2.32. The van der Waals surface area contributed by atoms with Gasteiger partial charge < -0.3 is 10.3 Å². The summed E-state index contributed by atoms with van der Waals surface area (Å²) < 4.78 is 3.25. The van der Waals surface area contributed by atoms with Crippen molar-refractivity contribution >= 4 is 33.2 Å². The summed E-state index contributed by atoms with van der Waals surface area (Å²) in [6.07, 6.45) is 5.27. The molecule has 7 aromatic rings. The Balaban J connectivity index is 1.35. The summed E-state index contributed by atoms with van der Waals surface area (Å²) in [5.74, 6) is 6.20. The number of aromatic amines is 1. The third kappa shape index (κ3) is 4.53. The van der Waals surface area contributed by atoms with Crippen molar-refractivity contribution in [1.82, 2.24) is 29.5 Å². The summed E-state index contributed by atoms with van der Waals surface area (Å²) >= 11 is 0. The molecule has 8 nitrogen and oxygen atoms in total. The maximum Gasteiger partial charge on any atom is 0.264 e. The molecular weight excluding hydrogens is 536 g/mol. The highest BCUT2D eigenvalue weighted by atomic mass is 16.2. The van der Waals surface area contributed by atoms with Crippen molar-refractivity contribution in [1.29, 1.82) is 0 Å². The van der Waals surface area contributed by atoms with Crippen LogP contribution in [0.2, 0.25) is 0 Å². The molecule has 208 valence electrons. The zero-order valence-electron chi connectivity index (χ0n) is 23.5. The molecule has 0 saturated carbocycles. The highest BCUT2D eigenvalue weighted by Gasteiger charge is 2.23. The van der Waals surface area contributed by atoms with E-state index >= 15 is 0 Å². The van der Waals surface area contributed by atoms with Crippen molar-refractivity contribution in [2.24, 2.45) is 0 Å². The number of hydrogen-bond acceptors (Lipinski definition) is 4.